The quantitative estimate of drug-likeness (QED) is 0.674. The van der Waals surface area contributed by atoms with Gasteiger partial charge in [0.1, 0.15) is 0 Å². The Balaban J connectivity index is 2.18. The molecule has 0 radical (unpaired) electrons. The van der Waals surface area contributed by atoms with E-state index in [-0.39, 0.29) is 0 Å². The van der Waals surface area contributed by atoms with Crippen molar-refractivity contribution >= 4 is 11.3 Å². The van der Waals surface area contributed by atoms with Gasteiger partial charge in [-0.05, 0) is 39.1 Å². The van der Waals surface area contributed by atoms with E-state index in [0.29, 0.717) is 0 Å². The SMILES string of the molecule is CCc1ccc(OCCCN(C)C)s1. The van der Waals surface area contributed by atoms with E-state index in [1.807, 2.05) is 0 Å². The highest BCUT2D eigenvalue weighted by atomic mass is 32.1. The fourth-order valence-electron chi connectivity index (χ4n) is 1.18. The summed E-state index contributed by atoms with van der Waals surface area (Å²) in [5.41, 5.74) is 0. The van der Waals surface area contributed by atoms with Gasteiger partial charge < -0.3 is 9.64 Å². The molecular formula is C11H19NOS. The van der Waals surface area contributed by atoms with Crippen LogP contribution >= 0.6 is 11.3 Å². The van der Waals surface area contributed by atoms with Crippen LogP contribution in [0.5, 0.6) is 5.06 Å². The van der Waals surface area contributed by atoms with Crippen LogP contribution in [-0.2, 0) is 6.42 Å². The van der Waals surface area contributed by atoms with Crippen LogP contribution in [0.15, 0.2) is 12.1 Å². The van der Waals surface area contributed by atoms with E-state index in [4.69, 9.17) is 4.74 Å². The molecule has 0 atom stereocenters. The van der Waals surface area contributed by atoms with Crippen LogP contribution in [0, 0.1) is 0 Å². The third kappa shape index (κ3) is 4.11. The minimum Gasteiger partial charge on any atom is -0.484 e. The van der Waals surface area contributed by atoms with Crippen molar-refractivity contribution in [3.63, 3.8) is 0 Å². The molecule has 0 aliphatic carbocycles. The van der Waals surface area contributed by atoms with Gasteiger partial charge in [0.15, 0.2) is 5.06 Å². The van der Waals surface area contributed by atoms with Gasteiger partial charge in [-0.3, -0.25) is 0 Å². The van der Waals surface area contributed by atoms with E-state index in [1.54, 1.807) is 11.3 Å². The highest BCUT2D eigenvalue weighted by molar-refractivity contribution is 7.13. The van der Waals surface area contributed by atoms with Crippen LogP contribution in [0.3, 0.4) is 0 Å². The lowest BCUT2D eigenvalue weighted by Crippen LogP contribution is -2.15. The smallest absolute Gasteiger partial charge is 0.173 e. The van der Waals surface area contributed by atoms with Crippen LogP contribution in [0.25, 0.3) is 0 Å². The molecule has 1 heterocycles. The summed E-state index contributed by atoms with van der Waals surface area (Å²) in [6.45, 7) is 4.08. The maximum absolute atomic E-state index is 5.63. The molecular weight excluding hydrogens is 194 g/mol. The van der Waals surface area contributed by atoms with Crippen molar-refractivity contribution < 1.29 is 4.74 Å². The standard InChI is InChI=1S/C11H19NOS/c1-4-10-6-7-11(14-10)13-9-5-8-12(2)3/h6-7H,4-5,8-9H2,1-3H3. The molecule has 3 heteroatoms. The molecule has 1 aromatic rings. The lowest BCUT2D eigenvalue weighted by molar-refractivity contribution is 0.288. The van der Waals surface area contributed by atoms with Gasteiger partial charge >= 0.3 is 0 Å². The molecule has 0 saturated carbocycles. The Bertz CT molecular complexity index is 258. The number of aryl methyl sites for hydroxylation is 1. The first-order valence-electron chi connectivity index (χ1n) is 5.08. The molecule has 0 aliphatic rings. The molecule has 0 fully saturated rings. The van der Waals surface area contributed by atoms with Crippen LogP contribution in [0.4, 0.5) is 0 Å². The Kier molecular flexibility index (Phi) is 4.98. The van der Waals surface area contributed by atoms with Crippen molar-refractivity contribution in [1.29, 1.82) is 0 Å². The molecule has 2 nitrogen and oxygen atoms in total. The third-order valence-corrected chi connectivity index (χ3v) is 3.12. The third-order valence-electron chi connectivity index (χ3n) is 1.98. The summed E-state index contributed by atoms with van der Waals surface area (Å²) in [6, 6.07) is 4.21. The van der Waals surface area contributed by atoms with Crippen molar-refractivity contribution in [3.05, 3.63) is 17.0 Å². The number of nitrogens with zero attached hydrogens (tertiary/aromatic N) is 1. The van der Waals surface area contributed by atoms with Gasteiger partial charge in [0, 0.05) is 11.4 Å². The van der Waals surface area contributed by atoms with Gasteiger partial charge in [0.2, 0.25) is 0 Å². The normalized spacial score (nSPS) is 10.9. The molecule has 80 valence electrons. The summed E-state index contributed by atoms with van der Waals surface area (Å²) in [5, 5.41) is 1.06. The predicted octanol–water partition coefficient (Wildman–Crippen LogP) is 2.64. The Morgan fingerprint density at radius 2 is 2.14 bits per heavy atom. The highest BCUT2D eigenvalue weighted by Crippen LogP contribution is 2.24. The molecule has 0 spiro atoms. The first kappa shape index (κ1) is 11.5. The molecule has 14 heavy (non-hydrogen) atoms. The van der Waals surface area contributed by atoms with E-state index in [1.165, 1.54) is 4.88 Å². The maximum atomic E-state index is 5.63. The van der Waals surface area contributed by atoms with Gasteiger partial charge in [0.05, 0.1) is 6.61 Å². The van der Waals surface area contributed by atoms with Crippen LogP contribution in [0.2, 0.25) is 0 Å². The first-order valence-corrected chi connectivity index (χ1v) is 5.90. The van der Waals surface area contributed by atoms with E-state index in [0.717, 1.165) is 31.1 Å². The summed E-state index contributed by atoms with van der Waals surface area (Å²) in [4.78, 5) is 3.57. The predicted molar refractivity (Wildman–Crippen MR) is 62.4 cm³/mol. The number of hydrogen-bond acceptors (Lipinski definition) is 3. The number of rotatable bonds is 6. The van der Waals surface area contributed by atoms with Gasteiger partial charge in [-0.25, -0.2) is 0 Å². The van der Waals surface area contributed by atoms with Crippen molar-refractivity contribution in [2.45, 2.75) is 19.8 Å². The first-order chi connectivity index (χ1) is 6.72. The molecule has 0 aliphatic heterocycles. The fourth-order valence-corrected chi connectivity index (χ4v) is 2.00. The largest absolute Gasteiger partial charge is 0.484 e. The second-order valence-electron chi connectivity index (χ2n) is 3.58. The number of thiophene rings is 1. The minimum atomic E-state index is 0.821. The van der Waals surface area contributed by atoms with Gasteiger partial charge in [-0.2, -0.15) is 0 Å². The van der Waals surface area contributed by atoms with E-state index in [9.17, 15) is 0 Å². The van der Waals surface area contributed by atoms with Crippen molar-refractivity contribution in [2.75, 3.05) is 27.2 Å². The summed E-state index contributed by atoms with van der Waals surface area (Å²) in [6.07, 6.45) is 2.19. The highest BCUT2D eigenvalue weighted by Gasteiger charge is 1.98. The molecule has 0 unspecified atom stereocenters. The Morgan fingerprint density at radius 1 is 1.36 bits per heavy atom. The summed E-state index contributed by atoms with van der Waals surface area (Å²) >= 11 is 1.76. The summed E-state index contributed by atoms with van der Waals surface area (Å²) in [7, 11) is 4.17. The molecule has 0 bridgehead atoms. The fraction of sp³-hybridized carbons (Fsp3) is 0.636. The zero-order chi connectivity index (χ0) is 10.4. The average molecular weight is 213 g/mol. The monoisotopic (exact) mass is 213 g/mol. The van der Waals surface area contributed by atoms with E-state index in [2.05, 4.69) is 38.1 Å². The Labute approximate surface area is 90.5 Å². The van der Waals surface area contributed by atoms with Crippen LogP contribution < -0.4 is 4.74 Å². The van der Waals surface area contributed by atoms with Crippen molar-refractivity contribution in [1.82, 2.24) is 4.90 Å². The zero-order valence-corrected chi connectivity index (χ0v) is 10.1. The molecule has 0 N–H and O–H groups in total. The molecule has 1 aromatic heterocycles. The summed E-state index contributed by atoms with van der Waals surface area (Å²) in [5.74, 6) is 0. The lowest BCUT2D eigenvalue weighted by Gasteiger charge is -2.08. The maximum Gasteiger partial charge on any atom is 0.173 e. The Hall–Kier alpha value is -0.540. The molecule has 0 saturated heterocycles. The number of hydrogen-bond donors (Lipinski definition) is 0. The van der Waals surface area contributed by atoms with Crippen molar-refractivity contribution in [2.24, 2.45) is 0 Å². The second-order valence-corrected chi connectivity index (χ2v) is 4.71. The van der Waals surface area contributed by atoms with E-state index < -0.39 is 0 Å². The minimum absolute atomic E-state index is 0.821. The summed E-state index contributed by atoms with van der Waals surface area (Å²) < 4.78 is 5.63. The number of ether oxygens (including phenoxy) is 1. The van der Waals surface area contributed by atoms with Crippen LogP contribution in [-0.4, -0.2) is 32.1 Å². The van der Waals surface area contributed by atoms with E-state index >= 15 is 0 Å². The van der Waals surface area contributed by atoms with Gasteiger partial charge in [-0.1, -0.05) is 6.92 Å². The average Bonchev–Trinajstić information content (AvgIpc) is 2.60. The second kappa shape index (κ2) is 6.04. The molecule has 0 amide bonds. The lowest BCUT2D eigenvalue weighted by atomic mass is 10.4. The Morgan fingerprint density at radius 3 is 2.71 bits per heavy atom. The van der Waals surface area contributed by atoms with Crippen molar-refractivity contribution in [3.8, 4) is 5.06 Å². The van der Waals surface area contributed by atoms with Gasteiger partial charge in [-0.15, -0.1) is 11.3 Å². The topological polar surface area (TPSA) is 12.5 Å². The molecule has 0 aromatic carbocycles. The zero-order valence-electron chi connectivity index (χ0n) is 9.25. The van der Waals surface area contributed by atoms with Gasteiger partial charge in [0.25, 0.3) is 0 Å². The molecule has 1 rings (SSSR count). The van der Waals surface area contributed by atoms with Crippen LogP contribution in [0.1, 0.15) is 18.2 Å².